The van der Waals surface area contributed by atoms with Crippen molar-refractivity contribution < 1.29 is 14.3 Å². The van der Waals surface area contributed by atoms with Gasteiger partial charge in [0.1, 0.15) is 5.75 Å². The number of ether oxygens (including phenoxy) is 2. The first-order chi connectivity index (χ1) is 11.7. The van der Waals surface area contributed by atoms with Gasteiger partial charge in [0.2, 0.25) is 0 Å². The number of nitrogens with zero attached hydrogens (tertiary/aromatic N) is 1. The largest absolute Gasteiger partial charge is 0.497 e. The van der Waals surface area contributed by atoms with Crippen molar-refractivity contribution in [1.82, 2.24) is 10.2 Å². The molecule has 1 aromatic carbocycles. The Kier molecular flexibility index (Phi) is 7.54. The van der Waals surface area contributed by atoms with Crippen LogP contribution in [0.4, 0.5) is 0 Å². The highest BCUT2D eigenvalue weighted by Crippen LogP contribution is 2.34. The van der Waals surface area contributed by atoms with E-state index in [4.69, 9.17) is 9.47 Å². The highest BCUT2D eigenvalue weighted by atomic mass is 35.5. The molecule has 1 saturated heterocycles. The van der Waals surface area contributed by atoms with Gasteiger partial charge in [-0.05, 0) is 31.0 Å². The molecule has 1 aliphatic heterocycles. The van der Waals surface area contributed by atoms with E-state index < -0.39 is 0 Å². The van der Waals surface area contributed by atoms with Gasteiger partial charge in [-0.25, -0.2) is 0 Å². The van der Waals surface area contributed by atoms with Crippen LogP contribution in [0, 0.1) is 0 Å². The minimum Gasteiger partial charge on any atom is -0.497 e. The number of nitrogens with one attached hydrogen (secondary N) is 1. The highest BCUT2D eigenvalue weighted by molar-refractivity contribution is 5.94. The average Bonchev–Trinajstić information content (AvgIpc) is 2.67. The van der Waals surface area contributed by atoms with Crippen molar-refractivity contribution in [3.63, 3.8) is 0 Å². The molecule has 0 atom stereocenters. The van der Waals surface area contributed by atoms with E-state index in [0.29, 0.717) is 17.9 Å². The Morgan fingerprint density at radius 3 is 2.64 bits per heavy atom. The monoisotopic (exact) mass is 368 g/mol. The van der Waals surface area contributed by atoms with Crippen LogP contribution in [-0.4, -0.2) is 56.3 Å². The van der Waals surface area contributed by atoms with Crippen LogP contribution in [0.25, 0.3) is 0 Å². The lowest BCUT2D eigenvalue weighted by molar-refractivity contribution is -0.0361. The second kappa shape index (κ2) is 9.41. The number of rotatable bonds is 5. The smallest absolute Gasteiger partial charge is 0.251 e. The minimum atomic E-state index is -0.0212. The first kappa shape index (κ1) is 20.0. The molecule has 1 N–H and O–H groups in total. The number of benzene rings is 1. The van der Waals surface area contributed by atoms with Crippen LogP contribution < -0.4 is 10.1 Å². The van der Waals surface area contributed by atoms with E-state index in [1.54, 1.807) is 13.2 Å². The van der Waals surface area contributed by atoms with Gasteiger partial charge in [0.05, 0.1) is 20.3 Å². The lowest BCUT2D eigenvalue weighted by Crippen LogP contribution is -2.59. The molecule has 1 saturated carbocycles. The summed E-state index contributed by atoms with van der Waals surface area (Å²) in [5, 5.41) is 3.18. The van der Waals surface area contributed by atoms with Crippen molar-refractivity contribution in [3.05, 3.63) is 29.8 Å². The zero-order valence-corrected chi connectivity index (χ0v) is 15.8. The van der Waals surface area contributed by atoms with E-state index in [0.717, 1.165) is 39.1 Å². The Morgan fingerprint density at radius 1 is 1.24 bits per heavy atom. The van der Waals surface area contributed by atoms with E-state index >= 15 is 0 Å². The standard InChI is InChI=1S/C19H28N2O3.ClH/c1-23-17-7-5-6-16(14-17)18(22)20-15-19(8-3-2-4-9-19)21-10-12-24-13-11-21;/h5-7,14H,2-4,8-13,15H2,1H3,(H,20,22);1H. The van der Waals surface area contributed by atoms with Crippen molar-refractivity contribution in [2.75, 3.05) is 40.0 Å². The molecule has 6 heteroatoms. The summed E-state index contributed by atoms with van der Waals surface area (Å²) in [6.45, 7) is 4.24. The van der Waals surface area contributed by atoms with Gasteiger partial charge in [0.25, 0.3) is 5.91 Å². The zero-order valence-electron chi connectivity index (χ0n) is 15.0. The lowest BCUT2D eigenvalue weighted by Gasteiger charge is -2.48. The topological polar surface area (TPSA) is 50.8 Å². The third-order valence-corrected chi connectivity index (χ3v) is 5.38. The second-order valence-electron chi connectivity index (χ2n) is 6.80. The second-order valence-corrected chi connectivity index (χ2v) is 6.80. The fourth-order valence-corrected chi connectivity index (χ4v) is 3.96. The lowest BCUT2D eigenvalue weighted by atomic mass is 9.79. The van der Waals surface area contributed by atoms with E-state index in [-0.39, 0.29) is 23.9 Å². The molecule has 140 valence electrons. The molecule has 3 rings (SSSR count). The molecular weight excluding hydrogens is 340 g/mol. The number of carbonyl (C=O) groups excluding carboxylic acids is 1. The first-order valence-corrected chi connectivity index (χ1v) is 8.99. The van der Waals surface area contributed by atoms with Crippen molar-refractivity contribution in [2.24, 2.45) is 0 Å². The Hall–Kier alpha value is -1.30. The quantitative estimate of drug-likeness (QED) is 0.868. The summed E-state index contributed by atoms with van der Waals surface area (Å²) < 4.78 is 10.7. The van der Waals surface area contributed by atoms with E-state index in [9.17, 15) is 4.79 Å². The number of amides is 1. The molecule has 2 aliphatic rings. The van der Waals surface area contributed by atoms with Crippen LogP contribution in [0.15, 0.2) is 24.3 Å². The van der Waals surface area contributed by atoms with Crippen LogP contribution in [-0.2, 0) is 4.74 Å². The van der Waals surface area contributed by atoms with Crippen LogP contribution in [0.5, 0.6) is 5.75 Å². The molecule has 0 spiro atoms. The normalized spacial score (nSPS) is 20.4. The predicted octanol–water partition coefficient (Wildman–Crippen LogP) is 2.88. The maximum absolute atomic E-state index is 12.6. The van der Waals surface area contributed by atoms with Crippen LogP contribution >= 0.6 is 12.4 Å². The summed E-state index contributed by atoms with van der Waals surface area (Å²) in [4.78, 5) is 15.1. The van der Waals surface area contributed by atoms with Gasteiger partial charge in [0, 0.05) is 30.7 Å². The molecule has 1 aromatic rings. The molecule has 0 radical (unpaired) electrons. The summed E-state index contributed by atoms with van der Waals surface area (Å²) >= 11 is 0. The predicted molar refractivity (Wildman–Crippen MR) is 101 cm³/mol. The molecule has 0 aromatic heterocycles. The third kappa shape index (κ3) is 4.87. The molecule has 25 heavy (non-hydrogen) atoms. The summed E-state index contributed by atoms with van der Waals surface area (Å²) in [5.74, 6) is 0.690. The summed E-state index contributed by atoms with van der Waals surface area (Å²) in [6.07, 6.45) is 6.10. The maximum atomic E-state index is 12.6. The molecule has 1 heterocycles. The van der Waals surface area contributed by atoms with E-state index in [2.05, 4.69) is 10.2 Å². The molecule has 1 aliphatic carbocycles. The number of halogens is 1. The third-order valence-electron chi connectivity index (χ3n) is 5.38. The zero-order chi connectivity index (χ0) is 16.8. The van der Waals surface area contributed by atoms with Crippen molar-refractivity contribution in [3.8, 4) is 5.75 Å². The maximum Gasteiger partial charge on any atom is 0.251 e. The molecule has 0 unspecified atom stereocenters. The highest BCUT2D eigenvalue weighted by Gasteiger charge is 2.38. The Bertz CT molecular complexity index is 555. The van der Waals surface area contributed by atoms with Gasteiger partial charge < -0.3 is 14.8 Å². The van der Waals surface area contributed by atoms with Crippen LogP contribution in [0.2, 0.25) is 0 Å². The number of hydrogen-bond acceptors (Lipinski definition) is 4. The number of methoxy groups -OCH3 is 1. The van der Waals surface area contributed by atoms with Gasteiger partial charge in [0.15, 0.2) is 0 Å². The number of morpholine rings is 1. The van der Waals surface area contributed by atoms with Gasteiger partial charge in [-0.1, -0.05) is 25.3 Å². The summed E-state index contributed by atoms with van der Waals surface area (Å²) in [7, 11) is 1.62. The fourth-order valence-electron chi connectivity index (χ4n) is 3.96. The minimum absolute atomic E-state index is 0. The van der Waals surface area contributed by atoms with Gasteiger partial charge in [-0.2, -0.15) is 0 Å². The molecule has 5 nitrogen and oxygen atoms in total. The Morgan fingerprint density at radius 2 is 1.96 bits per heavy atom. The Balaban J connectivity index is 0.00000225. The summed E-state index contributed by atoms with van der Waals surface area (Å²) in [5.41, 5.74) is 0.749. The van der Waals surface area contributed by atoms with Crippen LogP contribution in [0.1, 0.15) is 42.5 Å². The SMILES string of the molecule is COc1cccc(C(=O)NCC2(N3CCOCC3)CCCCC2)c1.Cl. The molecule has 2 fully saturated rings. The van der Waals surface area contributed by atoms with E-state index in [1.807, 2.05) is 18.2 Å². The van der Waals surface area contributed by atoms with E-state index in [1.165, 1.54) is 19.3 Å². The average molecular weight is 369 g/mol. The van der Waals surface area contributed by atoms with Gasteiger partial charge in [-0.3, -0.25) is 9.69 Å². The van der Waals surface area contributed by atoms with Gasteiger partial charge in [-0.15, -0.1) is 12.4 Å². The molecular formula is C19H29ClN2O3. The first-order valence-electron chi connectivity index (χ1n) is 8.99. The Labute approximate surface area is 156 Å². The van der Waals surface area contributed by atoms with Crippen molar-refractivity contribution >= 4 is 18.3 Å². The van der Waals surface area contributed by atoms with Crippen molar-refractivity contribution in [1.29, 1.82) is 0 Å². The fraction of sp³-hybridized carbons (Fsp3) is 0.632. The summed E-state index contributed by atoms with van der Waals surface area (Å²) in [6, 6.07) is 7.33. The molecule has 0 bridgehead atoms. The van der Waals surface area contributed by atoms with Crippen LogP contribution in [0.3, 0.4) is 0 Å². The number of hydrogen-bond donors (Lipinski definition) is 1. The molecule has 1 amide bonds. The van der Waals surface area contributed by atoms with Crippen molar-refractivity contribution in [2.45, 2.75) is 37.6 Å². The number of carbonyl (C=O) groups is 1. The van der Waals surface area contributed by atoms with Gasteiger partial charge >= 0.3 is 0 Å².